The van der Waals surface area contributed by atoms with E-state index in [-0.39, 0.29) is 0 Å². The summed E-state index contributed by atoms with van der Waals surface area (Å²) in [6.45, 7) is 1.01. The van der Waals surface area contributed by atoms with E-state index in [1.165, 1.54) is 3.57 Å². The van der Waals surface area contributed by atoms with Crippen molar-refractivity contribution >= 4 is 40.4 Å². The molecule has 0 heterocycles. The first kappa shape index (κ1) is 22.2. The maximum Gasteiger partial charge on any atom is 0.161 e. The number of benzene rings is 3. The zero-order valence-electron chi connectivity index (χ0n) is 16.7. The van der Waals surface area contributed by atoms with Crippen LogP contribution in [0.1, 0.15) is 16.7 Å². The highest BCUT2D eigenvalue weighted by atomic mass is 127. The molecule has 0 aromatic heterocycles. The predicted molar refractivity (Wildman–Crippen MR) is 129 cm³/mol. The third-order valence-electron chi connectivity index (χ3n) is 4.31. The minimum atomic E-state index is 0.471. The van der Waals surface area contributed by atoms with Gasteiger partial charge in [-0.3, -0.25) is 0 Å². The van der Waals surface area contributed by atoms with Crippen LogP contribution in [0.2, 0.25) is 5.02 Å². The van der Waals surface area contributed by atoms with Crippen molar-refractivity contribution in [2.75, 3.05) is 14.2 Å². The van der Waals surface area contributed by atoms with E-state index in [1.54, 1.807) is 26.5 Å². The number of halogens is 2. The molecule has 3 rings (SSSR count). The largest absolute Gasteiger partial charge is 0.493 e. The highest BCUT2D eigenvalue weighted by Crippen LogP contribution is 2.27. The lowest BCUT2D eigenvalue weighted by Crippen LogP contribution is -2.06. The summed E-state index contributed by atoms with van der Waals surface area (Å²) in [7, 11) is 3.23. The third-order valence-corrected chi connectivity index (χ3v) is 5.26. The first-order valence-electron chi connectivity index (χ1n) is 9.22. The van der Waals surface area contributed by atoms with Gasteiger partial charge in [0, 0.05) is 14.2 Å². The van der Waals surface area contributed by atoms with E-state index >= 15 is 0 Å². The first-order valence-corrected chi connectivity index (χ1v) is 10.7. The van der Waals surface area contributed by atoms with Crippen LogP contribution >= 0.6 is 34.2 Å². The van der Waals surface area contributed by atoms with Gasteiger partial charge < -0.3 is 19.6 Å². The number of rotatable bonds is 9. The quantitative estimate of drug-likeness (QED) is 0.218. The van der Waals surface area contributed by atoms with Gasteiger partial charge in [-0.25, -0.2) is 0 Å². The lowest BCUT2D eigenvalue weighted by molar-refractivity contribution is 0.306. The van der Waals surface area contributed by atoms with Crippen molar-refractivity contribution in [3.05, 3.63) is 85.9 Å². The van der Waals surface area contributed by atoms with Crippen LogP contribution in [0, 0.1) is 3.57 Å². The van der Waals surface area contributed by atoms with Crippen molar-refractivity contribution in [2.24, 2.45) is 5.10 Å². The molecule has 0 saturated heterocycles. The van der Waals surface area contributed by atoms with E-state index in [9.17, 15) is 0 Å². The van der Waals surface area contributed by atoms with Crippen molar-refractivity contribution in [3.8, 4) is 17.2 Å². The monoisotopic (exact) mass is 536 g/mol. The topological polar surface area (TPSA) is 52.1 Å². The number of hydrogen-bond acceptors (Lipinski definition) is 5. The Hall–Kier alpha value is -2.45. The van der Waals surface area contributed by atoms with Crippen LogP contribution in [-0.2, 0) is 13.2 Å². The van der Waals surface area contributed by atoms with E-state index in [2.05, 4.69) is 57.4 Å². The molecule has 5 nitrogen and oxygen atoms in total. The number of hydrogen-bond donors (Lipinski definition) is 1. The van der Waals surface area contributed by atoms with E-state index < -0.39 is 0 Å². The smallest absolute Gasteiger partial charge is 0.161 e. The minimum absolute atomic E-state index is 0.471. The van der Waals surface area contributed by atoms with Crippen LogP contribution in [0.3, 0.4) is 0 Å². The number of hydrazone groups is 1. The zero-order chi connectivity index (χ0) is 21.3. The molecule has 0 aliphatic carbocycles. The second kappa shape index (κ2) is 11.1. The average Bonchev–Trinajstić information content (AvgIpc) is 2.77. The zero-order valence-corrected chi connectivity index (χ0v) is 19.6. The Bertz CT molecular complexity index is 1010. The van der Waals surface area contributed by atoms with Gasteiger partial charge in [0.1, 0.15) is 12.4 Å². The maximum absolute atomic E-state index is 6.16. The molecule has 30 heavy (non-hydrogen) atoms. The van der Waals surface area contributed by atoms with Gasteiger partial charge >= 0.3 is 0 Å². The van der Waals surface area contributed by atoms with Crippen LogP contribution in [0.4, 0.5) is 0 Å². The van der Waals surface area contributed by atoms with Gasteiger partial charge in [-0.2, -0.15) is 5.10 Å². The van der Waals surface area contributed by atoms with Crippen LogP contribution in [0.25, 0.3) is 0 Å². The summed E-state index contributed by atoms with van der Waals surface area (Å²) in [5.41, 5.74) is 5.95. The Kier molecular flexibility index (Phi) is 8.21. The van der Waals surface area contributed by atoms with Gasteiger partial charge in [0.15, 0.2) is 11.5 Å². The van der Waals surface area contributed by atoms with Gasteiger partial charge in [-0.05, 0) is 76.2 Å². The second-order valence-electron chi connectivity index (χ2n) is 6.38. The normalized spacial score (nSPS) is 10.8. The van der Waals surface area contributed by atoms with Gasteiger partial charge in [-0.15, -0.1) is 0 Å². The number of methoxy groups -OCH3 is 2. The standard InChI is InChI=1S/C23H22ClIN2O3/c1-28-22-9-5-17(11-23(22)29-2)13-26-27-14-18-12-19(24)6-10-21(18)30-15-16-3-7-20(25)8-4-16/h3-12,14,26H,13,15H2,1-2H3/b27-14-. The summed E-state index contributed by atoms with van der Waals surface area (Å²) in [5.74, 6) is 2.09. The Morgan fingerprint density at radius 3 is 2.33 bits per heavy atom. The molecule has 3 aromatic carbocycles. The molecule has 0 amide bonds. The number of ether oxygens (including phenoxy) is 3. The highest BCUT2D eigenvalue weighted by molar-refractivity contribution is 14.1. The lowest BCUT2D eigenvalue weighted by Gasteiger charge is -2.10. The van der Waals surface area contributed by atoms with Crippen LogP contribution in [-0.4, -0.2) is 20.4 Å². The van der Waals surface area contributed by atoms with Crippen LogP contribution in [0.5, 0.6) is 17.2 Å². The molecular formula is C23H22ClIN2O3. The molecule has 0 spiro atoms. The Morgan fingerprint density at radius 1 is 0.900 bits per heavy atom. The van der Waals surface area contributed by atoms with Crippen molar-refractivity contribution in [2.45, 2.75) is 13.2 Å². The highest BCUT2D eigenvalue weighted by Gasteiger charge is 2.05. The maximum atomic E-state index is 6.16. The molecular weight excluding hydrogens is 515 g/mol. The van der Waals surface area contributed by atoms with Gasteiger partial charge in [0.05, 0.1) is 27.0 Å². The van der Waals surface area contributed by atoms with E-state index in [0.717, 1.165) is 22.4 Å². The summed E-state index contributed by atoms with van der Waals surface area (Å²) in [6, 6.07) is 19.4. The van der Waals surface area contributed by atoms with Gasteiger partial charge in [0.2, 0.25) is 0 Å². The molecule has 0 atom stereocenters. The molecule has 0 fully saturated rings. The van der Waals surface area contributed by atoms with Crippen molar-refractivity contribution in [1.29, 1.82) is 0 Å². The predicted octanol–water partition coefficient (Wildman–Crippen LogP) is 5.66. The fourth-order valence-electron chi connectivity index (χ4n) is 2.74. The molecule has 1 N–H and O–H groups in total. The minimum Gasteiger partial charge on any atom is -0.493 e. The SMILES string of the molecule is COc1ccc(CN/N=C\c2cc(Cl)ccc2OCc2ccc(I)cc2)cc1OC. The molecule has 0 radical (unpaired) electrons. The molecule has 7 heteroatoms. The third kappa shape index (κ3) is 6.27. The summed E-state index contributed by atoms with van der Waals surface area (Å²) in [5, 5.41) is 4.94. The molecule has 3 aromatic rings. The Balaban J connectivity index is 1.63. The first-order chi connectivity index (χ1) is 14.6. The summed E-state index contributed by atoms with van der Waals surface area (Å²) < 4.78 is 17.8. The lowest BCUT2D eigenvalue weighted by atomic mass is 10.2. The molecule has 0 saturated carbocycles. The van der Waals surface area contributed by atoms with E-state index in [0.29, 0.717) is 29.7 Å². The Morgan fingerprint density at radius 2 is 1.60 bits per heavy atom. The van der Waals surface area contributed by atoms with E-state index in [1.807, 2.05) is 30.3 Å². The molecule has 0 aliphatic rings. The fourth-order valence-corrected chi connectivity index (χ4v) is 3.28. The fraction of sp³-hybridized carbons (Fsp3) is 0.174. The van der Waals surface area contributed by atoms with Crippen molar-refractivity contribution in [3.63, 3.8) is 0 Å². The van der Waals surface area contributed by atoms with Gasteiger partial charge in [-0.1, -0.05) is 29.8 Å². The summed E-state index contributed by atoms with van der Waals surface area (Å²) in [6.07, 6.45) is 1.70. The van der Waals surface area contributed by atoms with Crippen LogP contribution < -0.4 is 19.6 Å². The summed E-state index contributed by atoms with van der Waals surface area (Å²) in [4.78, 5) is 0. The molecule has 156 valence electrons. The number of nitrogens with one attached hydrogen (secondary N) is 1. The molecule has 0 aliphatic heterocycles. The Labute approximate surface area is 195 Å². The molecule has 0 unspecified atom stereocenters. The van der Waals surface area contributed by atoms with Gasteiger partial charge in [0.25, 0.3) is 0 Å². The summed E-state index contributed by atoms with van der Waals surface area (Å²) >= 11 is 8.44. The van der Waals surface area contributed by atoms with Crippen molar-refractivity contribution in [1.82, 2.24) is 5.43 Å². The number of nitrogens with zero attached hydrogens (tertiary/aromatic N) is 1. The average molecular weight is 537 g/mol. The van der Waals surface area contributed by atoms with Crippen molar-refractivity contribution < 1.29 is 14.2 Å². The molecule has 0 bridgehead atoms. The van der Waals surface area contributed by atoms with Crippen LogP contribution in [0.15, 0.2) is 65.8 Å². The van der Waals surface area contributed by atoms with E-state index in [4.69, 9.17) is 25.8 Å². The second-order valence-corrected chi connectivity index (χ2v) is 8.06.